The molecule has 0 bridgehead atoms. The second kappa shape index (κ2) is 5.30. The maximum atomic E-state index is 11.0. The Hall–Kier alpha value is -1.69. The molecule has 0 aliphatic carbocycles. The van der Waals surface area contributed by atoms with E-state index < -0.39 is 16.8 Å². The Labute approximate surface area is 107 Å². The Morgan fingerprint density at radius 1 is 1.50 bits per heavy atom. The number of para-hydroxylation sites is 1. The molecule has 18 heavy (non-hydrogen) atoms. The first-order valence-electron chi connectivity index (χ1n) is 5.57. The molecule has 1 unspecified atom stereocenters. The predicted molar refractivity (Wildman–Crippen MR) is 70.2 cm³/mol. The van der Waals surface area contributed by atoms with Gasteiger partial charge in [0, 0.05) is 29.4 Å². The van der Waals surface area contributed by atoms with Crippen LogP contribution in [0.1, 0.15) is 16.8 Å². The molecule has 0 aliphatic heterocycles. The number of fused-ring (bicyclic) bond motifs is 1. The van der Waals surface area contributed by atoms with Crippen molar-refractivity contribution in [2.24, 2.45) is 0 Å². The lowest BCUT2D eigenvalue weighted by Gasteiger charge is -2.03. The lowest BCUT2D eigenvalue weighted by Crippen LogP contribution is -2.02. The summed E-state index contributed by atoms with van der Waals surface area (Å²) in [4.78, 5) is 15.2. The molecule has 1 N–H and O–H groups in total. The average molecular weight is 266 g/mol. The lowest BCUT2D eigenvalue weighted by atomic mass is 10.2. The number of imidazole rings is 1. The van der Waals surface area contributed by atoms with Crippen molar-refractivity contribution in [2.45, 2.75) is 13.0 Å². The van der Waals surface area contributed by atoms with Gasteiger partial charge in [0.1, 0.15) is 5.52 Å². The average Bonchev–Trinajstić information content (AvgIpc) is 2.72. The Bertz CT molecular complexity index is 606. The number of carboxylic acids is 1. The van der Waals surface area contributed by atoms with E-state index in [0.29, 0.717) is 17.8 Å². The minimum Gasteiger partial charge on any atom is -0.478 e. The van der Waals surface area contributed by atoms with Crippen molar-refractivity contribution in [2.75, 3.05) is 12.0 Å². The van der Waals surface area contributed by atoms with E-state index in [1.807, 2.05) is 10.6 Å². The van der Waals surface area contributed by atoms with Crippen LogP contribution in [0.3, 0.4) is 0 Å². The summed E-state index contributed by atoms with van der Waals surface area (Å²) in [6.45, 7) is 0.694. The molecule has 5 nitrogen and oxygen atoms in total. The smallest absolute Gasteiger partial charge is 0.337 e. The van der Waals surface area contributed by atoms with Crippen LogP contribution in [-0.2, 0) is 17.3 Å². The third-order valence-corrected chi connectivity index (χ3v) is 3.58. The summed E-state index contributed by atoms with van der Waals surface area (Å²) in [6.07, 6.45) is 4.09. The van der Waals surface area contributed by atoms with Crippen LogP contribution < -0.4 is 0 Å². The van der Waals surface area contributed by atoms with Crippen LogP contribution in [0.4, 0.5) is 0 Å². The van der Waals surface area contributed by atoms with E-state index in [4.69, 9.17) is 5.11 Å². The normalized spacial score (nSPS) is 12.7. The summed E-state index contributed by atoms with van der Waals surface area (Å²) in [5.41, 5.74) is 1.52. The highest BCUT2D eigenvalue weighted by atomic mass is 32.2. The molecular weight excluding hydrogens is 252 g/mol. The van der Waals surface area contributed by atoms with Crippen LogP contribution in [-0.4, -0.2) is 36.8 Å². The molecule has 96 valence electrons. The van der Waals surface area contributed by atoms with Gasteiger partial charge in [0.15, 0.2) is 0 Å². The van der Waals surface area contributed by atoms with Crippen molar-refractivity contribution >= 4 is 27.8 Å². The quantitative estimate of drug-likeness (QED) is 0.890. The van der Waals surface area contributed by atoms with Crippen molar-refractivity contribution in [3.63, 3.8) is 0 Å². The maximum absolute atomic E-state index is 11.0. The van der Waals surface area contributed by atoms with E-state index >= 15 is 0 Å². The Morgan fingerprint density at radius 3 is 2.94 bits per heavy atom. The number of aryl methyl sites for hydroxylation is 1. The molecular formula is C12H14N2O3S. The SMILES string of the molecule is CS(=O)CCCn1cnc2c(C(=O)O)cccc21. The second-order valence-corrected chi connectivity index (χ2v) is 5.60. The van der Waals surface area contributed by atoms with Gasteiger partial charge in [0.25, 0.3) is 0 Å². The molecule has 2 rings (SSSR count). The summed E-state index contributed by atoms with van der Waals surface area (Å²) in [5, 5.41) is 9.05. The van der Waals surface area contributed by atoms with E-state index in [0.717, 1.165) is 11.9 Å². The fourth-order valence-corrected chi connectivity index (χ4v) is 2.41. The molecule has 6 heteroatoms. The van der Waals surface area contributed by atoms with Gasteiger partial charge in [-0.15, -0.1) is 0 Å². The summed E-state index contributed by atoms with van der Waals surface area (Å²) in [7, 11) is -0.800. The van der Waals surface area contributed by atoms with E-state index in [9.17, 15) is 9.00 Å². The maximum Gasteiger partial charge on any atom is 0.337 e. The van der Waals surface area contributed by atoms with E-state index in [-0.39, 0.29) is 5.56 Å². The number of aromatic carboxylic acids is 1. The van der Waals surface area contributed by atoms with Crippen LogP contribution >= 0.6 is 0 Å². The lowest BCUT2D eigenvalue weighted by molar-refractivity contribution is 0.0699. The van der Waals surface area contributed by atoms with Gasteiger partial charge in [-0.25, -0.2) is 9.78 Å². The third-order valence-electron chi connectivity index (χ3n) is 2.71. The third kappa shape index (κ3) is 2.59. The van der Waals surface area contributed by atoms with Crippen molar-refractivity contribution in [1.82, 2.24) is 9.55 Å². The molecule has 1 heterocycles. The van der Waals surface area contributed by atoms with E-state index in [2.05, 4.69) is 4.98 Å². The molecule has 1 aromatic heterocycles. The standard InChI is InChI=1S/C12H14N2O3S/c1-18(17)7-3-6-14-8-13-11-9(12(15)16)4-2-5-10(11)14/h2,4-5,8H,3,6-7H2,1H3,(H,15,16). The van der Waals surface area contributed by atoms with Crippen molar-refractivity contribution < 1.29 is 14.1 Å². The number of carbonyl (C=O) groups is 1. The zero-order chi connectivity index (χ0) is 13.1. The number of aromatic nitrogens is 2. The minimum absolute atomic E-state index is 0.213. The van der Waals surface area contributed by atoms with Crippen LogP contribution in [0.15, 0.2) is 24.5 Å². The van der Waals surface area contributed by atoms with Gasteiger partial charge < -0.3 is 9.67 Å². The highest BCUT2D eigenvalue weighted by molar-refractivity contribution is 7.84. The fourth-order valence-electron chi connectivity index (χ4n) is 1.88. The Balaban J connectivity index is 2.28. The van der Waals surface area contributed by atoms with Crippen LogP contribution in [0.5, 0.6) is 0 Å². The first-order chi connectivity index (χ1) is 8.59. The summed E-state index contributed by atoms with van der Waals surface area (Å²) < 4.78 is 12.9. The zero-order valence-electron chi connectivity index (χ0n) is 10.00. The Morgan fingerprint density at radius 2 is 2.28 bits per heavy atom. The summed E-state index contributed by atoms with van der Waals surface area (Å²) in [6, 6.07) is 5.10. The molecule has 0 radical (unpaired) electrons. The van der Waals surface area contributed by atoms with Gasteiger partial charge in [-0.3, -0.25) is 4.21 Å². The summed E-state index contributed by atoms with van der Waals surface area (Å²) >= 11 is 0. The van der Waals surface area contributed by atoms with Gasteiger partial charge in [0.2, 0.25) is 0 Å². The topological polar surface area (TPSA) is 72.2 Å². The number of hydrogen-bond acceptors (Lipinski definition) is 3. The van der Waals surface area contributed by atoms with Crippen LogP contribution in [0, 0.1) is 0 Å². The zero-order valence-corrected chi connectivity index (χ0v) is 10.8. The molecule has 0 spiro atoms. The second-order valence-electron chi connectivity index (χ2n) is 4.05. The van der Waals surface area contributed by atoms with E-state index in [1.54, 1.807) is 24.7 Å². The molecule has 0 aliphatic rings. The molecule has 0 amide bonds. The van der Waals surface area contributed by atoms with Crippen LogP contribution in [0.2, 0.25) is 0 Å². The number of benzene rings is 1. The molecule has 1 aromatic carbocycles. The van der Waals surface area contributed by atoms with Crippen molar-refractivity contribution in [3.05, 3.63) is 30.1 Å². The first kappa shape index (κ1) is 12.8. The minimum atomic E-state index is -0.972. The summed E-state index contributed by atoms with van der Waals surface area (Å²) in [5.74, 6) is -0.335. The van der Waals surface area contributed by atoms with Crippen LogP contribution in [0.25, 0.3) is 11.0 Å². The predicted octanol–water partition coefficient (Wildman–Crippen LogP) is 1.50. The van der Waals surface area contributed by atoms with Gasteiger partial charge >= 0.3 is 5.97 Å². The molecule has 1 atom stereocenters. The fraction of sp³-hybridized carbons (Fsp3) is 0.333. The largest absolute Gasteiger partial charge is 0.478 e. The monoisotopic (exact) mass is 266 g/mol. The van der Waals surface area contributed by atoms with Gasteiger partial charge in [0.05, 0.1) is 17.4 Å². The van der Waals surface area contributed by atoms with Gasteiger partial charge in [-0.05, 0) is 18.6 Å². The molecule has 0 saturated heterocycles. The first-order valence-corrected chi connectivity index (χ1v) is 7.29. The van der Waals surface area contributed by atoms with Gasteiger partial charge in [-0.2, -0.15) is 0 Å². The number of hydrogen-bond donors (Lipinski definition) is 1. The number of carboxylic acid groups (broad SMARTS) is 1. The highest BCUT2D eigenvalue weighted by Crippen LogP contribution is 2.17. The van der Waals surface area contributed by atoms with E-state index in [1.165, 1.54) is 0 Å². The molecule has 0 fully saturated rings. The number of nitrogens with zero attached hydrogens (tertiary/aromatic N) is 2. The highest BCUT2D eigenvalue weighted by Gasteiger charge is 2.11. The molecule has 2 aromatic rings. The molecule has 0 saturated carbocycles. The van der Waals surface area contributed by atoms with Gasteiger partial charge in [-0.1, -0.05) is 6.07 Å². The van der Waals surface area contributed by atoms with Crippen molar-refractivity contribution in [1.29, 1.82) is 0 Å². The number of rotatable bonds is 5. The van der Waals surface area contributed by atoms with Crippen molar-refractivity contribution in [3.8, 4) is 0 Å². The Kier molecular flexibility index (Phi) is 3.76.